The van der Waals surface area contributed by atoms with Gasteiger partial charge < -0.3 is 4.52 Å². The van der Waals surface area contributed by atoms with Gasteiger partial charge in [-0.2, -0.15) is 4.98 Å². The van der Waals surface area contributed by atoms with E-state index in [0.29, 0.717) is 33.5 Å². The summed E-state index contributed by atoms with van der Waals surface area (Å²) in [6, 6.07) is 15.2. The van der Waals surface area contributed by atoms with Gasteiger partial charge in [-0.25, -0.2) is 4.98 Å². The van der Waals surface area contributed by atoms with Crippen LogP contribution in [0.25, 0.3) is 16.6 Å². The lowest BCUT2D eigenvalue weighted by molar-refractivity contribution is 0.384. The fourth-order valence-corrected chi connectivity index (χ4v) is 3.78. The van der Waals surface area contributed by atoms with E-state index in [1.807, 2.05) is 49.4 Å². The van der Waals surface area contributed by atoms with E-state index in [1.165, 1.54) is 11.8 Å². The molecule has 6 nitrogen and oxygen atoms in total. The number of benzene rings is 2. The molecule has 4 rings (SSSR count). The number of rotatable bonds is 6. The zero-order chi connectivity index (χ0) is 19.5. The van der Waals surface area contributed by atoms with Gasteiger partial charge in [-0.05, 0) is 37.6 Å². The topological polar surface area (TPSA) is 73.8 Å². The van der Waals surface area contributed by atoms with Crippen molar-refractivity contribution >= 4 is 22.7 Å². The second kappa shape index (κ2) is 7.98. The van der Waals surface area contributed by atoms with E-state index < -0.39 is 0 Å². The second-order valence-corrected chi connectivity index (χ2v) is 7.47. The molecule has 0 unspecified atom stereocenters. The van der Waals surface area contributed by atoms with E-state index in [-0.39, 0.29) is 5.56 Å². The summed E-state index contributed by atoms with van der Waals surface area (Å²) in [6.45, 7) is 4.09. The van der Waals surface area contributed by atoms with Crippen molar-refractivity contribution in [2.75, 3.05) is 0 Å². The quantitative estimate of drug-likeness (QED) is 0.359. The van der Waals surface area contributed by atoms with Crippen molar-refractivity contribution in [1.82, 2.24) is 19.7 Å². The summed E-state index contributed by atoms with van der Waals surface area (Å²) >= 11 is 1.42. The molecule has 2 heterocycles. The fraction of sp³-hybridized carbons (Fsp3) is 0.238. The van der Waals surface area contributed by atoms with Crippen LogP contribution in [-0.2, 0) is 12.2 Å². The molecule has 7 heteroatoms. The highest BCUT2D eigenvalue weighted by Crippen LogP contribution is 2.24. The maximum Gasteiger partial charge on any atom is 0.266 e. The van der Waals surface area contributed by atoms with Gasteiger partial charge in [-0.1, -0.05) is 53.7 Å². The first-order valence-corrected chi connectivity index (χ1v) is 10.2. The molecule has 4 aromatic rings. The van der Waals surface area contributed by atoms with Crippen molar-refractivity contribution in [3.63, 3.8) is 0 Å². The molecule has 0 fully saturated rings. The Kier molecular flexibility index (Phi) is 5.25. The summed E-state index contributed by atoms with van der Waals surface area (Å²) in [5.41, 5.74) is 2.51. The molecule has 0 aliphatic heterocycles. The van der Waals surface area contributed by atoms with E-state index in [4.69, 9.17) is 9.51 Å². The van der Waals surface area contributed by atoms with Crippen LogP contribution in [0.4, 0.5) is 0 Å². The summed E-state index contributed by atoms with van der Waals surface area (Å²) in [5, 5.41) is 5.18. The molecule has 0 aliphatic carbocycles. The third-order valence-corrected chi connectivity index (χ3v) is 5.27. The van der Waals surface area contributed by atoms with Gasteiger partial charge in [0.1, 0.15) is 0 Å². The predicted octanol–water partition coefficient (Wildman–Crippen LogP) is 4.32. The lowest BCUT2D eigenvalue weighted by Crippen LogP contribution is -2.21. The van der Waals surface area contributed by atoms with Crippen molar-refractivity contribution in [3.05, 3.63) is 76.2 Å². The molecule has 0 N–H and O–H groups in total. The number of aromatic nitrogens is 4. The van der Waals surface area contributed by atoms with Crippen LogP contribution in [0, 0.1) is 6.92 Å². The number of hydrogen-bond donors (Lipinski definition) is 0. The first-order valence-electron chi connectivity index (χ1n) is 9.19. The third kappa shape index (κ3) is 3.71. The van der Waals surface area contributed by atoms with Gasteiger partial charge in [0.25, 0.3) is 5.56 Å². The van der Waals surface area contributed by atoms with Crippen molar-refractivity contribution in [2.45, 2.75) is 37.6 Å². The summed E-state index contributed by atoms with van der Waals surface area (Å²) in [4.78, 5) is 22.3. The Hall–Kier alpha value is -2.93. The Morgan fingerprint density at radius 1 is 1.07 bits per heavy atom. The number of hydrogen-bond acceptors (Lipinski definition) is 6. The van der Waals surface area contributed by atoms with Gasteiger partial charge >= 0.3 is 0 Å². The van der Waals surface area contributed by atoms with E-state index in [1.54, 1.807) is 10.6 Å². The van der Waals surface area contributed by atoms with Crippen LogP contribution in [-0.4, -0.2) is 19.7 Å². The molecule has 0 radical (unpaired) electrons. The predicted molar refractivity (Wildman–Crippen MR) is 110 cm³/mol. The Labute approximate surface area is 166 Å². The van der Waals surface area contributed by atoms with Crippen LogP contribution in [0.15, 0.2) is 63.0 Å². The molecule has 0 amide bonds. The fourth-order valence-electron chi connectivity index (χ4n) is 2.93. The van der Waals surface area contributed by atoms with Crippen LogP contribution >= 0.6 is 11.8 Å². The van der Waals surface area contributed by atoms with Gasteiger partial charge in [-0.3, -0.25) is 9.36 Å². The van der Waals surface area contributed by atoms with E-state index in [2.05, 4.69) is 17.1 Å². The number of para-hydroxylation sites is 1. The number of nitrogens with zero attached hydrogens (tertiary/aromatic N) is 4. The Balaban J connectivity index is 1.75. The molecular formula is C21H20N4O2S. The maximum atomic E-state index is 13.2. The van der Waals surface area contributed by atoms with Gasteiger partial charge in [-0.15, -0.1) is 0 Å². The van der Waals surface area contributed by atoms with Crippen molar-refractivity contribution < 1.29 is 4.52 Å². The van der Waals surface area contributed by atoms with Gasteiger partial charge in [0, 0.05) is 6.42 Å². The number of aryl methyl sites for hydroxylation is 2. The molecule has 0 bridgehead atoms. The van der Waals surface area contributed by atoms with Crippen LogP contribution < -0.4 is 5.56 Å². The maximum absolute atomic E-state index is 13.2. The van der Waals surface area contributed by atoms with Crippen LogP contribution in [0.3, 0.4) is 0 Å². The average Bonchev–Trinajstić information content (AvgIpc) is 3.15. The zero-order valence-corrected chi connectivity index (χ0v) is 16.6. The summed E-state index contributed by atoms with van der Waals surface area (Å²) < 4.78 is 6.97. The second-order valence-electron chi connectivity index (χ2n) is 6.53. The zero-order valence-electron chi connectivity index (χ0n) is 15.8. The monoisotopic (exact) mass is 392 g/mol. The van der Waals surface area contributed by atoms with Crippen molar-refractivity contribution in [2.24, 2.45) is 0 Å². The van der Waals surface area contributed by atoms with E-state index in [0.717, 1.165) is 24.1 Å². The molecule has 28 heavy (non-hydrogen) atoms. The largest absolute Gasteiger partial charge is 0.338 e. The molecule has 0 atom stereocenters. The van der Waals surface area contributed by atoms with E-state index >= 15 is 0 Å². The third-order valence-electron chi connectivity index (χ3n) is 4.35. The van der Waals surface area contributed by atoms with Crippen LogP contribution in [0.1, 0.15) is 30.6 Å². The van der Waals surface area contributed by atoms with Crippen molar-refractivity contribution in [3.8, 4) is 5.69 Å². The lowest BCUT2D eigenvalue weighted by Gasteiger charge is -2.12. The molecule has 0 spiro atoms. The molecule has 142 valence electrons. The van der Waals surface area contributed by atoms with Gasteiger partial charge in [0.2, 0.25) is 5.89 Å². The smallest absolute Gasteiger partial charge is 0.266 e. The first-order chi connectivity index (χ1) is 13.7. The molecule has 0 aliphatic rings. The van der Waals surface area contributed by atoms with Crippen LogP contribution in [0.2, 0.25) is 0 Å². The number of thioether (sulfide) groups is 1. The molecular weight excluding hydrogens is 372 g/mol. The van der Waals surface area contributed by atoms with Crippen molar-refractivity contribution in [1.29, 1.82) is 0 Å². The first kappa shape index (κ1) is 18.4. The Morgan fingerprint density at radius 2 is 1.86 bits per heavy atom. The molecule has 2 aromatic carbocycles. The SMILES string of the molecule is CCCc1noc(CSc2nc3ccccc3c(=O)n2-c2ccc(C)cc2)n1. The normalized spacial score (nSPS) is 11.2. The average molecular weight is 392 g/mol. The summed E-state index contributed by atoms with van der Waals surface area (Å²) in [5.74, 6) is 1.69. The van der Waals surface area contributed by atoms with Crippen LogP contribution in [0.5, 0.6) is 0 Å². The summed E-state index contributed by atoms with van der Waals surface area (Å²) in [7, 11) is 0. The standard InChI is InChI=1S/C21H20N4O2S/c1-3-6-18-23-19(27-24-18)13-28-21-22-17-8-5-4-7-16(17)20(26)25(21)15-11-9-14(2)10-12-15/h4-5,7-12H,3,6,13H2,1-2H3. The highest BCUT2D eigenvalue weighted by Gasteiger charge is 2.15. The minimum atomic E-state index is -0.0887. The number of fused-ring (bicyclic) bond motifs is 1. The minimum absolute atomic E-state index is 0.0887. The van der Waals surface area contributed by atoms with E-state index in [9.17, 15) is 4.79 Å². The highest BCUT2D eigenvalue weighted by molar-refractivity contribution is 7.98. The van der Waals surface area contributed by atoms with Gasteiger partial charge in [0.05, 0.1) is 22.3 Å². The Morgan fingerprint density at radius 3 is 2.64 bits per heavy atom. The molecule has 0 saturated carbocycles. The minimum Gasteiger partial charge on any atom is -0.338 e. The molecule has 0 saturated heterocycles. The summed E-state index contributed by atoms with van der Waals surface area (Å²) in [6.07, 6.45) is 1.75. The Bertz CT molecular complexity index is 1170. The van der Waals surface area contributed by atoms with Gasteiger partial charge in [0.15, 0.2) is 11.0 Å². The lowest BCUT2D eigenvalue weighted by atomic mass is 10.2. The highest BCUT2D eigenvalue weighted by atomic mass is 32.2. The molecule has 2 aromatic heterocycles.